The Labute approximate surface area is 688 Å². The average molecular weight is 1530 g/mol. The van der Waals surface area contributed by atoms with E-state index in [2.05, 4.69) is 446 Å². The minimum atomic E-state index is 0.568. The zero-order valence-electron chi connectivity index (χ0n) is 64.9. The molecule has 0 aliphatic rings. The Morgan fingerprint density at radius 3 is 0.550 bits per heavy atom. The molecule has 0 radical (unpaired) electrons. The number of rotatable bonds is 12. The van der Waals surface area contributed by atoms with Crippen LogP contribution in [0.1, 0.15) is 0 Å². The number of hydrogen-bond acceptors (Lipinski definition) is 3. The first-order chi connectivity index (χ1) is 59.5. The number of para-hydroxylation sites is 9. The molecular formula is C111H69N9. The minimum absolute atomic E-state index is 0.568. The summed E-state index contributed by atoms with van der Waals surface area (Å²) in [5, 5.41) is 14.5. The highest BCUT2D eigenvalue weighted by atomic mass is 15.1. The number of nitrogens with zero attached hydrogens (tertiary/aromatic N) is 9. The van der Waals surface area contributed by atoms with Crippen molar-refractivity contribution in [2.75, 3.05) is 0 Å². The maximum absolute atomic E-state index is 5.45. The summed E-state index contributed by atoms with van der Waals surface area (Å²) in [6.45, 7) is 0. The van der Waals surface area contributed by atoms with Crippen LogP contribution in [0.25, 0.3) is 233 Å². The van der Waals surface area contributed by atoms with E-state index in [1.807, 2.05) is 0 Å². The van der Waals surface area contributed by atoms with Gasteiger partial charge in [0.1, 0.15) is 0 Å². The summed E-state index contributed by atoms with van der Waals surface area (Å²) in [5.41, 5.74) is 29.8. The van der Waals surface area contributed by atoms with E-state index in [-0.39, 0.29) is 0 Å². The van der Waals surface area contributed by atoms with Crippen LogP contribution in [-0.4, -0.2) is 42.4 Å². The molecule has 0 aliphatic carbocycles. The molecule has 0 atom stereocenters. The van der Waals surface area contributed by atoms with Gasteiger partial charge in [-0.1, -0.05) is 218 Å². The van der Waals surface area contributed by atoms with Crippen LogP contribution < -0.4 is 0 Å². The Morgan fingerprint density at radius 1 is 0.117 bits per heavy atom. The molecule has 25 aromatic rings. The van der Waals surface area contributed by atoms with Crippen LogP contribution in [0.15, 0.2) is 419 Å². The summed E-state index contributed by atoms with van der Waals surface area (Å²) in [7, 11) is 0. The Hall–Kier alpha value is -16.2. The lowest BCUT2D eigenvalue weighted by atomic mass is 10.0. The van der Waals surface area contributed by atoms with E-state index in [1.54, 1.807) is 0 Å². The molecule has 0 bridgehead atoms. The fourth-order valence-electron chi connectivity index (χ4n) is 19.3. The lowest BCUT2D eigenvalue weighted by molar-refractivity contribution is 1.07. The molecule has 0 fully saturated rings. The van der Waals surface area contributed by atoms with Crippen molar-refractivity contribution in [3.05, 3.63) is 419 Å². The van der Waals surface area contributed by atoms with Gasteiger partial charge in [0.15, 0.2) is 17.5 Å². The normalized spacial score (nSPS) is 12.0. The highest BCUT2D eigenvalue weighted by Gasteiger charge is 2.24. The molecule has 0 saturated heterocycles. The van der Waals surface area contributed by atoms with Gasteiger partial charge in [-0.2, -0.15) is 0 Å². The molecule has 0 saturated carbocycles. The maximum atomic E-state index is 5.45. The fourth-order valence-corrected chi connectivity index (χ4v) is 19.3. The van der Waals surface area contributed by atoms with E-state index in [0.29, 0.717) is 17.5 Å². The largest absolute Gasteiger partial charge is 0.309 e. The van der Waals surface area contributed by atoms with Crippen LogP contribution in [0.5, 0.6) is 0 Å². The van der Waals surface area contributed by atoms with Gasteiger partial charge in [-0.25, -0.2) is 15.0 Å². The third kappa shape index (κ3) is 10.5. The van der Waals surface area contributed by atoms with Crippen LogP contribution in [0.2, 0.25) is 0 Å². The van der Waals surface area contributed by atoms with Crippen LogP contribution in [0.3, 0.4) is 0 Å². The molecule has 0 aliphatic heterocycles. The molecule has 7 aromatic heterocycles. The van der Waals surface area contributed by atoms with E-state index in [1.165, 1.54) is 97.7 Å². The predicted molar refractivity (Wildman–Crippen MR) is 498 cm³/mol. The second-order valence-electron chi connectivity index (χ2n) is 31.5. The van der Waals surface area contributed by atoms with E-state index in [0.717, 1.165) is 117 Å². The fraction of sp³-hybridized carbons (Fsp3) is 0. The summed E-state index contributed by atoms with van der Waals surface area (Å²) >= 11 is 0. The molecule has 9 heteroatoms. The van der Waals surface area contributed by atoms with E-state index in [9.17, 15) is 0 Å². The van der Waals surface area contributed by atoms with Crippen molar-refractivity contribution in [2.45, 2.75) is 0 Å². The van der Waals surface area contributed by atoms with Gasteiger partial charge < -0.3 is 27.4 Å². The van der Waals surface area contributed by atoms with Crippen molar-refractivity contribution in [1.29, 1.82) is 0 Å². The predicted octanol–water partition coefficient (Wildman–Crippen LogP) is 28.5. The molecule has 558 valence electrons. The third-order valence-electron chi connectivity index (χ3n) is 24.9. The molecule has 25 rings (SSSR count). The molecule has 0 unspecified atom stereocenters. The summed E-state index contributed by atoms with van der Waals surface area (Å²) < 4.78 is 14.3. The van der Waals surface area contributed by atoms with Gasteiger partial charge in [0.25, 0.3) is 0 Å². The van der Waals surface area contributed by atoms with Crippen molar-refractivity contribution >= 4 is 131 Å². The molecular weight excluding hydrogens is 1460 g/mol. The molecule has 120 heavy (non-hydrogen) atoms. The number of fused-ring (bicyclic) bond motifs is 18. The molecule has 7 heterocycles. The van der Waals surface area contributed by atoms with E-state index < -0.39 is 0 Å². The maximum Gasteiger partial charge on any atom is 0.164 e. The standard InChI is InChI=1S/C111H69N9/c1-4-22-79(23-5-1)115-100-37-19-13-31-88(100)94-64-73(49-61-103(94)115)76-46-58-91-85-28-10-16-34-97(85)118(106(91)67-76)82-52-40-70(41-53-82)109-112-110(71-42-54-83(55-43-71)119-98-35-17-11-29-86(98)92-59-47-77(68-107(92)119)74-50-62-104-95(65-74)89-32-14-20-38-101(89)116(104)80-24-6-2-7-25-80)114-111(113-109)72-44-56-84(57-45-72)120-99-36-18-12-30-87(99)93-60-48-78(69-108(93)120)75-51-63-105-96(66-75)90-33-15-21-39-102(90)117(105)81-26-8-3-9-27-81/h1-69H. The minimum Gasteiger partial charge on any atom is -0.309 e. The lowest BCUT2D eigenvalue weighted by Gasteiger charge is -2.13. The highest BCUT2D eigenvalue weighted by Crippen LogP contribution is 2.45. The second-order valence-corrected chi connectivity index (χ2v) is 31.5. The van der Waals surface area contributed by atoms with Gasteiger partial charge >= 0.3 is 0 Å². The van der Waals surface area contributed by atoms with Gasteiger partial charge in [0, 0.05) is 115 Å². The monoisotopic (exact) mass is 1530 g/mol. The van der Waals surface area contributed by atoms with Crippen LogP contribution >= 0.6 is 0 Å². The smallest absolute Gasteiger partial charge is 0.164 e. The molecule has 0 amide bonds. The van der Waals surface area contributed by atoms with Crippen LogP contribution in [-0.2, 0) is 0 Å². The highest BCUT2D eigenvalue weighted by molar-refractivity contribution is 6.17. The zero-order chi connectivity index (χ0) is 78.6. The Balaban J connectivity index is 0.605. The first-order valence-electron chi connectivity index (χ1n) is 41.0. The number of benzene rings is 18. The lowest BCUT2D eigenvalue weighted by Crippen LogP contribution is -2.01. The van der Waals surface area contributed by atoms with Crippen molar-refractivity contribution in [1.82, 2.24) is 42.4 Å². The zero-order valence-corrected chi connectivity index (χ0v) is 64.9. The van der Waals surface area contributed by atoms with Crippen molar-refractivity contribution in [3.63, 3.8) is 0 Å². The Morgan fingerprint density at radius 2 is 0.292 bits per heavy atom. The quantitative estimate of drug-likeness (QED) is 0.122. The Bertz CT molecular complexity index is 7690. The van der Waals surface area contributed by atoms with E-state index >= 15 is 0 Å². The van der Waals surface area contributed by atoms with Gasteiger partial charge in [-0.3, -0.25) is 0 Å². The van der Waals surface area contributed by atoms with Gasteiger partial charge in [-0.15, -0.1) is 0 Å². The first-order valence-corrected chi connectivity index (χ1v) is 41.0. The van der Waals surface area contributed by atoms with Crippen molar-refractivity contribution in [2.24, 2.45) is 0 Å². The van der Waals surface area contributed by atoms with Crippen molar-refractivity contribution < 1.29 is 0 Å². The molecule has 9 nitrogen and oxygen atoms in total. The van der Waals surface area contributed by atoms with Gasteiger partial charge in [0.05, 0.1) is 66.2 Å². The third-order valence-corrected chi connectivity index (χ3v) is 24.9. The van der Waals surface area contributed by atoms with Gasteiger partial charge in [0.2, 0.25) is 0 Å². The Kier molecular flexibility index (Phi) is 14.9. The van der Waals surface area contributed by atoms with Crippen LogP contribution in [0, 0.1) is 0 Å². The number of aromatic nitrogens is 9. The molecule has 18 aromatic carbocycles. The summed E-state index contributed by atoms with van der Waals surface area (Å²) in [5.74, 6) is 1.70. The van der Waals surface area contributed by atoms with Crippen molar-refractivity contribution in [3.8, 4) is 102 Å². The first kappa shape index (κ1) is 67.1. The summed E-state index contributed by atoms with van der Waals surface area (Å²) in [4.78, 5) is 16.4. The molecule has 0 spiro atoms. The van der Waals surface area contributed by atoms with Gasteiger partial charge in [-0.05, 0) is 234 Å². The van der Waals surface area contributed by atoms with E-state index in [4.69, 9.17) is 15.0 Å². The number of hydrogen-bond donors (Lipinski definition) is 0. The van der Waals surface area contributed by atoms with Crippen LogP contribution in [0.4, 0.5) is 0 Å². The summed E-state index contributed by atoms with van der Waals surface area (Å²) in [6.07, 6.45) is 0. The molecule has 0 N–H and O–H groups in total. The topological polar surface area (TPSA) is 68.2 Å². The summed E-state index contributed by atoms with van der Waals surface area (Å²) in [6, 6.07) is 152. The average Bonchev–Trinajstić information content (AvgIpc) is 1.60. The SMILES string of the molecule is c1ccc(-n2c3ccccc3c3cc(-c4ccc5c6ccccc6n(-c6ccc(-c7nc(-c8ccc(-n9c%10ccccc%10c%10ccc(-c%11ccc%12c(c%11)c%11ccccc%11n%12-c%11ccccc%11)cc%109)cc8)nc(-c8ccc(-n9c%10ccccc%10c%10ccc(-c%11ccc%12c(c%11)c%11ccccc%11n%12-c%11ccccc%11)cc%109)cc8)n7)cc6)c5c4)ccc32)cc1. The second kappa shape index (κ2) is 26.7.